The van der Waals surface area contributed by atoms with Gasteiger partial charge in [-0.1, -0.05) is 29.8 Å². The Morgan fingerprint density at radius 3 is 2.45 bits per heavy atom. The van der Waals surface area contributed by atoms with Crippen LogP contribution in [0.15, 0.2) is 65.8 Å². The zero-order valence-electron chi connectivity index (χ0n) is 17.2. The summed E-state index contributed by atoms with van der Waals surface area (Å²) in [4.78, 5) is 10.3. The lowest BCUT2D eigenvalue weighted by atomic mass is 10.2. The number of hydrazone groups is 1. The van der Waals surface area contributed by atoms with Gasteiger partial charge in [0.15, 0.2) is 11.5 Å². The SMILES string of the molecule is CCOc1cc(/C=N/Nc2ccc([N+](=O)[O-])cc2)cc(I)c1OCc1ccc(C)cc1. The van der Waals surface area contributed by atoms with Crippen LogP contribution in [0, 0.1) is 20.6 Å². The molecule has 3 rings (SSSR count). The van der Waals surface area contributed by atoms with Crippen LogP contribution in [0.25, 0.3) is 0 Å². The minimum Gasteiger partial charge on any atom is -0.490 e. The average molecular weight is 531 g/mol. The Balaban J connectivity index is 1.71. The Morgan fingerprint density at radius 1 is 1.10 bits per heavy atom. The van der Waals surface area contributed by atoms with E-state index in [0.29, 0.717) is 30.4 Å². The molecule has 3 aromatic carbocycles. The van der Waals surface area contributed by atoms with Crippen LogP contribution in [0.3, 0.4) is 0 Å². The summed E-state index contributed by atoms with van der Waals surface area (Å²) in [5.41, 5.74) is 6.69. The molecule has 7 nitrogen and oxygen atoms in total. The highest BCUT2D eigenvalue weighted by molar-refractivity contribution is 14.1. The fourth-order valence-electron chi connectivity index (χ4n) is 2.74. The Hall–Kier alpha value is -3.14. The number of hydrogen-bond donors (Lipinski definition) is 1. The molecule has 0 spiro atoms. The van der Waals surface area contributed by atoms with Crippen molar-refractivity contribution < 1.29 is 14.4 Å². The van der Waals surface area contributed by atoms with Crippen molar-refractivity contribution in [3.8, 4) is 11.5 Å². The minimum atomic E-state index is -0.438. The highest BCUT2D eigenvalue weighted by Crippen LogP contribution is 2.34. The van der Waals surface area contributed by atoms with Crippen LogP contribution in [0.1, 0.15) is 23.6 Å². The summed E-state index contributed by atoms with van der Waals surface area (Å²) in [6.07, 6.45) is 1.66. The first-order valence-electron chi connectivity index (χ1n) is 9.64. The average Bonchev–Trinajstić information content (AvgIpc) is 2.75. The second kappa shape index (κ2) is 10.8. The Labute approximate surface area is 194 Å². The standard InChI is InChI=1S/C23H22IN3O4/c1-3-30-22-13-18(14-25-26-19-8-10-20(11-9-19)27(28)29)12-21(24)23(22)31-15-17-6-4-16(2)5-7-17/h4-14,26H,3,15H2,1-2H3/b25-14+. The molecule has 0 saturated carbocycles. The van der Waals surface area contributed by atoms with Crippen molar-refractivity contribution in [2.75, 3.05) is 12.0 Å². The number of nitrogens with zero attached hydrogens (tertiary/aromatic N) is 2. The van der Waals surface area contributed by atoms with Crippen LogP contribution in [-0.2, 0) is 6.61 Å². The smallest absolute Gasteiger partial charge is 0.269 e. The molecule has 0 fully saturated rings. The molecule has 0 aliphatic rings. The van der Waals surface area contributed by atoms with Crippen molar-refractivity contribution in [3.63, 3.8) is 0 Å². The first-order chi connectivity index (χ1) is 15.0. The molecule has 8 heteroatoms. The molecule has 0 radical (unpaired) electrons. The molecule has 160 valence electrons. The molecule has 0 bridgehead atoms. The number of hydrogen-bond acceptors (Lipinski definition) is 6. The third-order valence-corrected chi connectivity index (χ3v) is 5.12. The molecule has 0 saturated heterocycles. The van der Waals surface area contributed by atoms with E-state index in [1.165, 1.54) is 17.7 Å². The summed E-state index contributed by atoms with van der Waals surface area (Å²) in [6, 6.07) is 18.1. The maximum atomic E-state index is 10.7. The third kappa shape index (κ3) is 6.42. The van der Waals surface area contributed by atoms with Gasteiger partial charge in [0, 0.05) is 12.1 Å². The topological polar surface area (TPSA) is 86.0 Å². The predicted octanol–water partition coefficient (Wildman–Crippen LogP) is 5.93. The van der Waals surface area contributed by atoms with E-state index in [0.717, 1.165) is 14.7 Å². The van der Waals surface area contributed by atoms with Crippen molar-refractivity contribution >= 4 is 40.2 Å². The molecule has 31 heavy (non-hydrogen) atoms. The van der Waals surface area contributed by atoms with E-state index < -0.39 is 4.92 Å². The van der Waals surface area contributed by atoms with E-state index in [1.807, 2.05) is 31.2 Å². The van der Waals surface area contributed by atoms with Gasteiger partial charge < -0.3 is 9.47 Å². The number of non-ortho nitro benzene ring substituents is 1. The number of benzene rings is 3. The quantitative estimate of drug-likeness (QED) is 0.160. The second-order valence-electron chi connectivity index (χ2n) is 6.71. The van der Waals surface area contributed by atoms with Gasteiger partial charge in [-0.15, -0.1) is 0 Å². The molecule has 0 atom stereocenters. The molecule has 0 heterocycles. The van der Waals surface area contributed by atoms with E-state index in [-0.39, 0.29) is 5.69 Å². The summed E-state index contributed by atoms with van der Waals surface area (Å²) in [7, 11) is 0. The number of nitrogens with one attached hydrogen (secondary N) is 1. The summed E-state index contributed by atoms with van der Waals surface area (Å²) < 4.78 is 12.8. The third-order valence-electron chi connectivity index (χ3n) is 4.32. The number of nitro groups is 1. The normalized spacial score (nSPS) is 10.8. The Bertz CT molecular complexity index is 1070. The second-order valence-corrected chi connectivity index (χ2v) is 7.87. The summed E-state index contributed by atoms with van der Waals surface area (Å²) in [5, 5.41) is 14.9. The molecule has 1 N–H and O–H groups in total. The van der Waals surface area contributed by atoms with Crippen LogP contribution >= 0.6 is 22.6 Å². The Kier molecular flexibility index (Phi) is 7.82. The molecule has 3 aromatic rings. The molecule has 0 aliphatic carbocycles. The predicted molar refractivity (Wildman–Crippen MR) is 130 cm³/mol. The molecule has 0 unspecified atom stereocenters. The first-order valence-corrected chi connectivity index (χ1v) is 10.7. The molecular weight excluding hydrogens is 509 g/mol. The van der Waals surface area contributed by atoms with Crippen molar-refractivity contribution in [3.05, 3.63) is 91.0 Å². The van der Waals surface area contributed by atoms with E-state index in [9.17, 15) is 10.1 Å². The number of nitro benzene ring substituents is 1. The first kappa shape index (κ1) is 22.5. The van der Waals surface area contributed by atoms with E-state index in [2.05, 4.69) is 52.2 Å². The lowest BCUT2D eigenvalue weighted by Crippen LogP contribution is -2.03. The molecule has 0 aliphatic heterocycles. The number of anilines is 1. The number of rotatable bonds is 9. The van der Waals surface area contributed by atoms with Crippen LogP contribution in [0.5, 0.6) is 11.5 Å². The molecule has 0 aromatic heterocycles. The lowest BCUT2D eigenvalue weighted by Gasteiger charge is -2.15. The summed E-state index contributed by atoms with van der Waals surface area (Å²) in [6.45, 7) is 4.94. The van der Waals surface area contributed by atoms with Crippen LogP contribution < -0.4 is 14.9 Å². The zero-order chi connectivity index (χ0) is 22.2. The molecular formula is C23H22IN3O4. The van der Waals surface area contributed by atoms with Gasteiger partial charge in [-0.2, -0.15) is 5.10 Å². The molecule has 0 amide bonds. The lowest BCUT2D eigenvalue weighted by molar-refractivity contribution is -0.384. The van der Waals surface area contributed by atoms with Crippen LogP contribution in [-0.4, -0.2) is 17.7 Å². The van der Waals surface area contributed by atoms with Crippen molar-refractivity contribution in [1.82, 2.24) is 0 Å². The van der Waals surface area contributed by atoms with Gasteiger partial charge in [-0.3, -0.25) is 15.5 Å². The van der Waals surface area contributed by atoms with Gasteiger partial charge in [0.25, 0.3) is 5.69 Å². The van der Waals surface area contributed by atoms with E-state index in [4.69, 9.17) is 9.47 Å². The monoisotopic (exact) mass is 531 g/mol. The number of aryl methyl sites for hydroxylation is 1. The van der Waals surface area contributed by atoms with Gasteiger partial charge in [-0.05, 0) is 71.8 Å². The maximum Gasteiger partial charge on any atom is 0.269 e. The number of halogens is 1. The van der Waals surface area contributed by atoms with Gasteiger partial charge >= 0.3 is 0 Å². The maximum absolute atomic E-state index is 10.7. The van der Waals surface area contributed by atoms with E-state index in [1.54, 1.807) is 18.3 Å². The van der Waals surface area contributed by atoms with Gasteiger partial charge in [0.05, 0.1) is 27.0 Å². The Morgan fingerprint density at radius 2 is 1.81 bits per heavy atom. The minimum absolute atomic E-state index is 0.0339. The fourth-order valence-corrected chi connectivity index (χ4v) is 3.53. The van der Waals surface area contributed by atoms with Crippen molar-refractivity contribution in [2.24, 2.45) is 5.10 Å². The van der Waals surface area contributed by atoms with Gasteiger partial charge in [0.2, 0.25) is 0 Å². The fraction of sp³-hybridized carbons (Fsp3) is 0.174. The number of ether oxygens (including phenoxy) is 2. The zero-order valence-corrected chi connectivity index (χ0v) is 19.3. The van der Waals surface area contributed by atoms with Gasteiger partial charge in [-0.25, -0.2) is 0 Å². The summed E-state index contributed by atoms with van der Waals surface area (Å²) in [5.74, 6) is 1.35. The highest BCUT2D eigenvalue weighted by Gasteiger charge is 2.12. The van der Waals surface area contributed by atoms with Crippen LogP contribution in [0.4, 0.5) is 11.4 Å². The van der Waals surface area contributed by atoms with Gasteiger partial charge in [0.1, 0.15) is 6.61 Å². The highest BCUT2D eigenvalue weighted by atomic mass is 127. The van der Waals surface area contributed by atoms with Crippen LogP contribution in [0.2, 0.25) is 0 Å². The van der Waals surface area contributed by atoms with E-state index >= 15 is 0 Å². The van der Waals surface area contributed by atoms with Crippen molar-refractivity contribution in [1.29, 1.82) is 0 Å². The van der Waals surface area contributed by atoms with Crippen molar-refractivity contribution in [2.45, 2.75) is 20.5 Å². The largest absolute Gasteiger partial charge is 0.490 e. The summed E-state index contributed by atoms with van der Waals surface area (Å²) >= 11 is 2.22.